The minimum absolute atomic E-state index is 0.0747. The van der Waals surface area contributed by atoms with Crippen LogP contribution in [0.25, 0.3) is 0 Å². The summed E-state index contributed by atoms with van der Waals surface area (Å²) < 4.78 is 17.2. The van der Waals surface area contributed by atoms with E-state index in [0.29, 0.717) is 16.9 Å². The van der Waals surface area contributed by atoms with E-state index in [2.05, 4.69) is 6.58 Å². The maximum atomic E-state index is 12.3. The first-order chi connectivity index (χ1) is 16.0. The Bertz CT molecular complexity index is 950. The molecule has 0 aromatic rings. The van der Waals surface area contributed by atoms with Crippen LogP contribution in [-0.2, 0) is 28.6 Å². The van der Waals surface area contributed by atoms with Gasteiger partial charge in [0.1, 0.15) is 24.1 Å². The molecule has 0 saturated heterocycles. The molecule has 9 atom stereocenters. The number of esters is 3. The summed E-state index contributed by atoms with van der Waals surface area (Å²) in [6.45, 7) is 15.1. The summed E-state index contributed by atoms with van der Waals surface area (Å²) in [5.74, 6) is -3.34. The third-order valence-corrected chi connectivity index (χ3v) is 8.60. The van der Waals surface area contributed by atoms with Crippen molar-refractivity contribution in [2.75, 3.05) is 0 Å². The van der Waals surface area contributed by atoms with Crippen LogP contribution in [0.2, 0.25) is 0 Å². The van der Waals surface area contributed by atoms with Gasteiger partial charge in [-0.05, 0) is 23.5 Å². The maximum Gasteiger partial charge on any atom is 0.307 e. The summed E-state index contributed by atoms with van der Waals surface area (Å²) >= 11 is 0. The first kappa shape index (κ1) is 27.4. The summed E-state index contributed by atoms with van der Waals surface area (Å²) in [6, 6.07) is 0. The Labute approximate surface area is 206 Å². The van der Waals surface area contributed by atoms with Gasteiger partial charge < -0.3 is 29.5 Å². The number of aliphatic hydroxyl groups excluding tert-OH is 3. The average molecular weight is 495 g/mol. The van der Waals surface area contributed by atoms with Crippen molar-refractivity contribution in [3.8, 4) is 0 Å². The topological polar surface area (TPSA) is 140 Å². The summed E-state index contributed by atoms with van der Waals surface area (Å²) in [6.07, 6.45) is -5.61. The van der Waals surface area contributed by atoms with Gasteiger partial charge in [0, 0.05) is 56.8 Å². The highest BCUT2D eigenvalue weighted by atomic mass is 16.6. The standard InChI is InChI=1S/C26H38O9/c1-11-17(30)10-19(31)26(8)21(11)22(34-14(4)28)16-9-18(33-13(3)27)12(2)20(25(16,6)7)23(24(26)32)35-15(5)29/h16-17,19-24,30-32H,1,9-10H2,2-8H3. The molecule has 0 aromatic carbocycles. The Morgan fingerprint density at radius 3 is 1.97 bits per heavy atom. The van der Waals surface area contributed by atoms with Gasteiger partial charge in [0.2, 0.25) is 0 Å². The van der Waals surface area contributed by atoms with Crippen molar-refractivity contribution in [2.45, 2.75) is 91.8 Å². The van der Waals surface area contributed by atoms with Crippen molar-refractivity contribution in [1.82, 2.24) is 0 Å². The smallest absolute Gasteiger partial charge is 0.307 e. The molecular formula is C26H38O9. The van der Waals surface area contributed by atoms with E-state index in [0.717, 1.165) is 0 Å². The van der Waals surface area contributed by atoms with Gasteiger partial charge in [0.05, 0.1) is 12.2 Å². The predicted molar refractivity (Wildman–Crippen MR) is 124 cm³/mol. The van der Waals surface area contributed by atoms with Gasteiger partial charge in [0.15, 0.2) is 0 Å². The van der Waals surface area contributed by atoms with Gasteiger partial charge in [-0.3, -0.25) is 14.4 Å². The molecule has 3 N–H and O–H groups in total. The van der Waals surface area contributed by atoms with Gasteiger partial charge in [-0.1, -0.05) is 27.4 Å². The first-order valence-electron chi connectivity index (χ1n) is 12.0. The molecular weight excluding hydrogens is 456 g/mol. The molecule has 0 heterocycles. The summed E-state index contributed by atoms with van der Waals surface area (Å²) in [7, 11) is 0. The zero-order chi connectivity index (χ0) is 26.6. The SMILES string of the molecule is C=C1C(O)CC(O)C2(C)C(O)C(OC(C)=O)C3C(C)=C(OC(C)=O)CC(C(OC(C)=O)C12)C3(C)C. The van der Waals surface area contributed by atoms with E-state index in [1.165, 1.54) is 20.8 Å². The lowest BCUT2D eigenvalue weighted by molar-refractivity contribution is -0.233. The van der Waals surface area contributed by atoms with Crippen LogP contribution in [0, 0.1) is 28.6 Å². The first-order valence-corrected chi connectivity index (χ1v) is 12.0. The number of hydrogen-bond acceptors (Lipinski definition) is 9. The largest absolute Gasteiger partial charge is 0.462 e. The molecule has 0 aliphatic heterocycles. The van der Waals surface area contributed by atoms with E-state index in [-0.39, 0.29) is 12.8 Å². The Morgan fingerprint density at radius 2 is 1.46 bits per heavy atom. The van der Waals surface area contributed by atoms with Crippen molar-refractivity contribution in [3.63, 3.8) is 0 Å². The van der Waals surface area contributed by atoms with Crippen LogP contribution < -0.4 is 0 Å². The zero-order valence-corrected chi connectivity index (χ0v) is 21.5. The highest BCUT2D eigenvalue weighted by Gasteiger charge is 2.66. The Morgan fingerprint density at radius 1 is 0.914 bits per heavy atom. The van der Waals surface area contributed by atoms with E-state index in [9.17, 15) is 29.7 Å². The molecule has 0 amide bonds. The molecule has 35 heavy (non-hydrogen) atoms. The molecule has 196 valence electrons. The second-order valence-electron chi connectivity index (χ2n) is 11.1. The molecule has 3 aliphatic carbocycles. The fourth-order valence-electron chi connectivity index (χ4n) is 6.90. The van der Waals surface area contributed by atoms with Gasteiger partial charge in [-0.2, -0.15) is 0 Å². The normalized spacial score (nSPS) is 40.7. The summed E-state index contributed by atoms with van der Waals surface area (Å²) in [4.78, 5) is 36.5. The van der Waals surface area contributed by atoms with Crippen LogP contribution >= 0.6 is 0 Å². The highest BCUT2D eigenvalue weighted by molar-refractivity contribution is 5.68. The van der Waals surface area contributed by atoms with Crippen molar-refractivity contribution in [1.29, 1.82) is 0 Å². The molecule has 2 bridgehead atoms. The predicted octanol–water partition coefficient (Wildman–Crippen LogP) is 2.03. The van der Waals surface area contributed by atoms with Gasteiger partial charge in [-0.15, -0.1) is 0 Å². The molecule has 0 aromatic heterocycles. The lowest BCUT2D eigenvalue weighted by atomic mass is 9.47. The average Bonchev–Trinajstić information content (AvgIpc) is 2.71. The number of carbonyl (C=O) groups is 3. The van der Waals surface area contributed by atoms with Crippen molar-refractivity contribution < 1.29 is 43.9 Å². The Balaban J connectivity index is 2.37. The van der Waals surface area contributed by atoms with Crippen LogP contribution in [0.3, 0.4) is 0 Å². The van der Waals surface area contributed by atoms with Crippen LogP contribution in [0.15, 0.2) is 23.5 Å². The molecule has 3 aliphatic rings. The monoisotopic (exact) mass is 494 g/mol. The molecule has 2 fully saturated rings. The maximum absolute atomic E-state index is 12.3. The van der Waals surface area contributed by atoms with Gasteiger partial charge >= 0.3 is 17.9 Å². The Hall–Kier alpha value is -2.23. The van der Waals surface area contributed by atoms with Gasteiger partial charge in [-0.25, -0.2) is 0 Å². The number of carbonyl (C=O) groups excluding carboxylic acids is 3. The molecule has 2 saturated carbocycles. The van der Waals surface area contributed by atoms with Crippen LogP contribution in [0.1, 0.15) is 61.3 Å². The Kier molecular flexibility index (Phi) is 7.30. The number of fused-ring (bicyclic) bond motifs is 3. The molecule has 0 spiro atoms. The highest BCUT2D eigenvalue weighted by Crippen LogP contribution is 2.61. The summed E-state index contributed by atoms with van der Waals surface area (Å²) in [5.41, 5.74) is -1.15. The van der Waals surface area contributed by atoms with E-state index < -0.39 is 77.0 Å². The quantitative estimate of drug-likeness (QED) is 0.305. The van der Waals surface area contributed by atoms with Crippen molar-refractivity contribution in [3.05, 3.63) is 23.5 Å². The van der Waals surface area contributed by atoms with Crippen molar-refractivity contribution >= 4 is 17.9 Å². The third-order valence-electron chi connectivity index (χ3n) is 8.60. The number of hydrogen-bond donors (Lipinski definition) is 3. The minimum atomic E-state index is -1.43. The fourth-order valence-corrected chi connectivity index (χ4v) is 6.90. The summed E-state index contributed by atoms with van der Waals surface area (Å²) in [5, 5.41) is 33.9. The molecule has 9 nitrogen and oxygen atoms in total. The number of aliphatic hydroxyl groups is 3. The van der Waals surface area contributed by atoms with Gasteiger partial charge in [0.25, 0.3) is 0 Å². The molecule has 3 rings (SSSR count). The molecule has 9 heteroatoms. The van der Waals surface area contributed by atoms with Crippen LogP contribution in [0.5, 0.6) is 0 Å². The van der Waals surface area contributed by atoms with E-state index >= 15 is 0 Å². The molecule has 0 radical (unpaired) electrons. The number of rotatable bonds is 3. The van der Waals surface area contributed by atoms with Crippen LogP contribution in [-0.4, -0.2) is 63.7 Å². The van der Waals surface area contributed by atoms with E-state index in [4.69, 9.17) is 14.2 Å². The third kappa shape index (κ3) is 4.42. The molecule has 9 unspecified atom stereocenters. The zero-order valence-electron chi connectivity index (χ0n) is 21.5. The number of allylic oxidation sites excluding steroid dienone is 1. The lowest BCUT2D eigenvalue weighted by Gasteiger charge is -2.61. The second-order valence-corrected chi connectivity index (χ2v) is 11.1. The van der Waals surface area contributed by atoms with E-state index in [1.807, 2.05) is 13.8 Å². The number of ether oxygens (including phenoxy) is 3. The van der Waals surface area contributed by atoms with E-state index in [1.54, 1.807) is 13.8 Å². The fraction of sp³-hybridized carbons (Fsp3) is 0.731. The minimum Gasteiger partial charge on any atom is -0.462 e. The second kappa shape index (κ2) is 9.33. The van der Waals surface area contributed by atoms with Crippen molar-refractivity contribution in [2.24, 2.45) is 28.6 Å². The van der Waals surface area contributed by atoms with Crippen LogP contribution in [0.4, 0.5) is 0 Å². The lowest BCUT2D eigenvalue weighted by Crippen LogP contribution is -2.68.